The Labute approximate surface area is 148 Å². The van der Waals surface area contributed by atoms with E-state index in [1.807, 2.05) is 30.3 Å². The second-order valence-electron chi connectivity index (χ2n) is 4.54. The van der Waals surface area contributed by atoms with Gasteiger partial charge in [0.25, 0.3) is 0 Å². The number of rotatable bonds is 10. The minimum Gasteiger partial charge on any atom is -0.466 e. The molecule has 0 atom stereocenters. The van der Waals surface area contributed by atoms with Gasteiger partial charge in [-0.25, -0.2) is 9.36 Å². The van der Waals surface area contributed by atoms with Crippen LogP contribution in [0, 0.1) is 0 Å². The number of allylic oxidation sites excluding steroid dienone is 4. The van der Waals surface area contributed by atoms with E-state index in [0.29, 0.717) is 11.3 Å². The summed E-state index contributed by atoms with van der Waals surface area (Å²) in [5.74, 6) is -0.126. The third-order valence-corrected chi connectivity index (χ3v) is 4.32. The van der Waals surface area contributed by atoms with Crippen LogP contribution in [0.2, 0.25) is 0 Å². The summed E-state index contributed by atoms with van der Waals surface area (Å²) in [6.45, 7) is 3.80. The number of hydrogen-bond acceptors (Lipinski definition) is 6. The second-order valence-corrected chi connectivity index (χ2v) is 6.13. The Morgan fingerprint density at radius 3 is 2.24 bits per heavy atom. The Morgan fingerprint density at radius 1 is 1.04 bits per heavy atom. The summed E-state index contributed by atoms with van der Waals surface area (Å²) in [6, 6.07) is 9.15. The molecule has 0 N–H and O–H groups in total. The number of phosphoric acid groups is 1. The van der Waals surface area contributed by atoms with Crippen LogP contribution in [0.5, 0.6) is 0 Å². The molecule has 0 bridgehead atoms. The lowest BCUT2D eigenvalue weighted by Gasteiger charge is -2.19. The molecule has 0 spiro atoms. The summed E-state index contributed by atoms with van der Waals surface area (Å²) in [5.41, 5.74) is 0.712. The highest BCUT2D eigenvalue weighted by atomic mass is 31.2. The molecule has 0 fully saturated rings. The van der Waals surface area contributed by atoms with Crippen LogP contribution in [0.1, 0.15) is 19.4 Å². The fourth-order valence-electron chi connectivity index (χ4n) is 1.72. The summed E-state index contributed by atoms with van der Waals surface area (Å²) in [7, 11) is -2.41. The Balaban J connectivity index is 3.03. The number of carbonyl (C=O) groups is 1. The van der Waals surface area contributed by atoms with E-state index in [1.165, 1.54) is 19.3 Å². The van der Waals surface area contributed by atoms with Gasteiger partial charge in [0.2, 0.25) is 0 Å². The summed E-state index contributed by atoms with van der Waals surface area (Å²) < 4.78 is 33.0. The van der Waals surface area contributed by atoms with Crippen LogP contribution in [0.15, 0.2) is 60.7 Å². The average molecular weight is 366 g/mol. The van der Waals surface area contributed by atoms with Gasteiger partial charge in [0, 0.05) is 11.6 Å². The van der Waals surface area contributed by atoms with Crippen LogP contribution in [0.4, 0.5) is 0 Å². The molecule has 0 saturated carbocycles. The third-order valence-electron chi connectivity index (χ3n) is 2.75. The van der Waals surface area contributed by atoms with Gasteiger partial charge in [0.1, 0.15) is 5.76 Å². The first-order chi connectivity index (χ1) is 12.0. The predicted molar refractivity (Wildman–Crippen MR) is 96.7 cm³/mol. The van der Waals surface area contributed by atoms with Crippen molar-refractivity contribution in [1.29, 1.82) is 0 Å². The Bertz CT molecular complexity index is 653. The molecular formula is C18H23O6P. The molecule has 0 unspecified atom stereocenters. The third kappa shape index (κ3) is 7.98. The molecule has 1 rings (SSSR count). The molecule has 0 aliphatic heterocycles. The molecule has 1 aromatic rings. The number of ether oxygens (including phenoxy) is 1. The maximum Gasteiger partial charge on any atom is 0.530 e. The molecule has 136 valence electrons. The van der Waals surface area contributed by atoms with Crippen LogP contribution in [0.3, 0.4) is 0 Å². The van der Waals surface area contributed by atoms with Gasteiger partial charge in [0.05, 0.1) is 20.3 Å². The van der Waals surface area contributed by atoms with E-state index < -0.39 is 13.8 Å². The number of methoxy groups -OCH3 is 1. The monoisotopic (exact) mass is 366 g/mol. The van der Waals surface area contributed by atoms with Crippen molar-refractivity contribution in [3.63, 3.8) is 0 Å². The van der Waals surface area contributed by atoms with Crippen LogP contribution < -0.4 is 0 Å². The molecule has 1 aromatic carbocycles. The first-order valence-corrected chi connectivity index (χ1v) is 9.27. The van der Waals surface area contributed by atoms with E-state index in [2.05, 4.69) is 4.74 Å². The van der Waals surface area contributed by atoms with E-state index in [-0.39, 0.29) is 13.2 Å². The SMILES string of the molecule is CCOP(=O)(OCC)O\C(=C/C=C/C=C/C(=O)OC)c1ccccc1. The van der Waals surface area contributed by atoms with Crippen molar-refractivity contribution in [2.24, 2.45) is 0 Å². The quantitative estimate of drug-likeness (QED) is 0.199. The molecule has 0 aliphatic carbocycles. The van der Waals surface area contributed by atoms with Crippen molar-refractivity contribution in [1.82, 2.24) is 0 Å². The van der Waals surface area contributed by atoms with Crippen molar-refractivity contribution >= 4 is 19.6 Å². The largest absolute Gasteiger partial charge is 0.530 e. The summed E-state index contributed by atoms with van der Waals surface area (Å²) in [5, 5.41) is 0. The highest BCUT2D eigenvalue weighted by molar-refractivity contribution is 7.48. The number of carbonyl (C=O) groups excluding carboxylic acids is 1. The maximum absolute atomic E-state index is 12.6. The zero-order valence-corrected chi connectivity index (χ0v) is 15.5. The van der Waals surface area contributed by atoms with Gasteiger partial charge in [-0.3, -0.25) is 9.05 Å². The maximum atomic E-state index is 12.6. The van der Waals surface area contributed by atoms with Crippen LogP contribution in [0.25, 0.3) is 5.76 Å². The van der Waals surface area contributed by atoms with Crippen LogP contribution in [-0.2, 0) is 27.7 Å². The minimum absolute atomic E-state index is 0.192. The topological polar surface area (TPSA) is 71.1 Å². The molecule has 0 heterocycles. The zero-order valence-electron chi connectivity index (χ0n) is 14.6. The van der Waals surface area contributed by atoms with E-state index in [4.69, 9.17) is 13.6 Å². The number of phosphoric ester groups is 1. The molecule has 0 saturated heterocycles. The molecule has 25 heavy (non-hydrogen) atoms. The van der Waals surface area contributed by atoms with Gasteiger partial charge in [-0.1, -0.05) is 48.6 Å². The average Bonchev–Trinajstić information content (AvgIpc) is 2.61. The molecule has 7 heteroatoms. The van der Waals surface area contributed by atoms with Crippen molar-refractivity contribution < 1.29 is 27.7 Å². The minimum atomic E-state index is -3.71. The normalized spacial score (nSPS) is 12.7. The first kappa shape index (κ1) is 20.9. The van der Waals surface area contributed by atoms with Gasteiger partial charge in [-0.05, 0) is 19.9 Å². The second kappa shape index (κ2) is 11.4. The van der Waals surface area contributed by atoms with Gasteiger partial charge in [-0.15, -0.1) is 0 Å². The summed E-state index contributed by atoms with van der Waals surface area (Å²) in [6.07, 6.45) is 7.68. The zero-order chi connectivity index (χ0) is 18.5. The lowest BCUT2D eigenvalue weighted by molar-refractivity contribution is -0.134. The summed E-state index contributed by atoms with van der Waals surface area (Å²) >= 11 is 0. The van der Waals surface area contributed by atoms with E-state index in [9.17, 15) is 9.36 Å². The van der Waals surface area contributed by atoms with Crippen molar-refractivity contribution in [2.75, 3.05) is 20.3 Å². The molecule has 0 radical (unpaired) electrons. The highest BCUT2D eigenvalue weighted by Crippen LogP contribution is 2.52. The van der Waals surface area contributed by atoms with E-state index in [0.717, 1.165) is 0 Å². The van der Waals surface area contributed by atoms with Gasteiger partial charge in [-0.2, -0.15) is 0 Å². The molecule has 0 amide bonds. The lowest BCUT2D eigenvalue weighted by atomic mass is 10.2. The van der Waals surface area contributed by atoms with Gasteiger partial charge >= 0.3 is 13.8 Å². The lowest BCUT2D eigenvalue weighted by Crippen LogP contribution is -2.00. The van der Waals surface area contributed by atoms with E-state index >= 15 is 0 Å². The smallest absolute Gasteiger partial charge is 0.466 e. The molecule has 0 aromatic heterocycles. The Hall–Kier alpha value is -2.14. The highest BCUT2D eigenvalue weighted by Gasteiger charge is 2.28. The standard InChI is InChI=1S/C18H23O6P/c1-4-22-25(20,23-5-2)24-17(16-12-8-6-9-13-16)14-10-7-11-15-18(19)21-3/h6-15H,4-5H2,1-3H3/b10-7+,15-11+,17-14-. The van der Waals surface area contributed by atoms with Crippen molar-refractivity contribution in [2.45, 2.75) is 13.8 Å². The van der Waals surface area contributed by atoms with Crippen molar-refractivity contribution in [3.8, 4) is 0 Å². The Kier molecular flexibility index (Phi) is 9.55. The Morgan fingerprint density at radius 2 is 1.68 bits per heavy atom. The number of hydrogen-bond donors (Lipinski definition) is 0. The predicted octanol–water partition coefficient (Wildman–Crippen LogP) is 4.51. The van der Waals surface area contributed by atoms with Crippen LogP contribution >= 0.6 is 7.82 Å². The molecule has 0 aliphatic rings. The number of benzene rings is 1. The van der Waals surface area contributed by atoms with E-state index in [1.54, 1.807) is 32.1 Å². The van der Waals surface area contributed by atoms with Gasteiger partial charge < -0.3 is 9.26 Å². The fourth-order valence-corrected chi connectivity index (χ4v) is 2.94. The fraction of sp³-hybridized carbons (Fsp3) is 0.278. The number of esters is 1. The summed E-state index contributed by atoms with van der Waals surface area (Å²) in [4.78, 5) is 11.0. The first-order valence-electron chi connectivity index (χ1n) is 7.81. The van der Waals surface area contributed by atoms with Gasteiger partial charge in [0.15, 0.2) is 0 Å². The van der Waals surface area contributed by atoms with Crippen LogP contribution in [-0.4, -0.2) is 26.3 Å². The molecule has 6 nitrogen and oxygen atoms in total. The molecular weight excluding hydrogens is 343 g/mol. The van der Waals surface area contributed by atoms with Crippen molar-refractivity contribution in [3.05, 3.63) is 66.3 Å².